The predicted octanol–water partition coefficient (Wildman–Crippen LogP) is 2.98. The average molecular weight is 249 g/mol. The van der Waals surface area contributed by atoms with Crippen molar-refractivity contribution in [3.63, 3.8) is 0 Å². The van der Waals surface area contributed by atoms with Gasteiger partial charge in [-0.05, 0) is 51.6 Å². The average Bonchev–Trinajstić information content (AvgIpc) is 3.12. The highest BCUT2D eigenvalue weighted by molar-refractivity contribution is 5.24. The lowest BCUT2D eigenvalue weighted by Crippen LogP contribution is -2.19. The van der Waals surface area contributed by atoms with Crippen LogP contribution in [0.2, 0.25) is 0 Å². The zero-order chi connectivity index (χ0) is 13.0. The summed E-state index contributed by atoms with van der Waals surface area (Å²) >= 11 is 0. The summed E-state index contributed by atoms with van der Waals surface area (Å²) in [5.74, 6) is 0. The summed E-state index contributed by atoms with van der Waals surface area (Å²) in [6.45, 7) is 8.80. The molecule has 0 saturated heterocycles. The second-order valence-corrected chi connectivity index (χ2v) is 5.56. The van der Waals surface area contributed by atoms with E-state index in [1.165, 1.54) is 49.1 Å². The fourth-order valence-electron chi connectivity index (χ4n) is 2.51. The molecule has 0 atom stereocenters. The molecule has 0 bridgehead atoms. The van der Waals surface area contributed by atoms with E-state index in [4.69, 9.17) is 0 Å². The molecule has 0 unspecified atom stereocenters. The fourth-order valence-corrected chi connectivity index (χ4v) is 2.51. The van der Waals surface area contributed by atoms with Gasteiger partial charge in [0, 0.05) is 18.3 Å². The predicted molar refractivity (Wildman–Crippen MR) is 76.0 cm³/mol. The smallest absolute Gasteiger partial charge is 0.0628 e. The molecule has 0 radical (unpaired) electrons. The van der Waals surface area contributed by atoms with Gasteiger partial charge >= 0.3 is 0 Å². The monoisotopic (exact) mass is 249 g/mol. The van der Waals surface area contributed by atoms with Crippen LogP contribution in [0.1, 0.15) is 56.0 Å². The Morgan fingerprint density at radius 1 is 1.28 bits per heavy atom. The van der Waals surface area contributed by atoms with Crippen molar-refractivity contribution in [2.45, 2.75) is 71.9 Å². The third-order valence-electron chi connectivity index (χ3n) is 3.89. The molecule has 2 rings (SSSR count). The normalized spacial score (nSPS) is 15.3. The van der Waals surface area contributed by atoms with E-state index in [0.29, 0.717) is 0 Å². The molecule has 102 valence electrons. The minimum atomic E-state index is 0.810. The Hall–Kier alpha value is -0.830. The van der Waals surface area contributed by atoms with Crippen LogP contribution >= 0.6 is 0 Å². The molecule has 1 heterocycles. The van der Waals surface area contributed by atoms with Gasteiger partial charge in [0.25, 0.3) is 0 Å². The second-order valence-electron chi connectivity index (χ2n) is 5.56. The summed E-state index contributed by atoms with van der Waals surface area (Å²) < 4.78 is 2.21. The van der Waals surface area contributed by atoms with E-state index < -0.39 is 0 Å². The summed E-state index contributed by atoms with van der Waals surface area (Å²) in [5, 5.41) is 8.27. The van der Waals surface area contributed by atoms with E-state index in [1.54, 1.807) is 0 Å². The van der Waals surface area contributed by atoms with Crippen molar-refractivity contribution in [3.05, 3.63) is 17.0 Å². The van der Waals surface area contributed by atoms with Crippen LogP contribution in [0.3, 0.4) is 0 Å². The zero-order valence-corrected chi connectivity index (χ0v) is 12.1. The summed E-state index contributed by atoms with van der Waals surface area (Å²) in [6.07, 6.45) is 7.69. The number of hydrogen-bond donors (Lipinski definition) is 1. The maximum Gasteiger partial charge on any atom is 0.0628 e. The molecule has 1 saturated carbocycles. The summed E-state index contributed by atoms with van der Waals surface area (Å²) in [5.41, 5.74) is 4.06. The summed E-state index contributed by atoms with van der Waals surface area (Å²) in [4.78, 5) is 0. The van der Waals surface area contributed by atoms with Crippen molar-refractivity contribution in [2.75, 3.05) is 6.54 Å². The summed E-state index contributed by atoms with van der Waals surface area (Å²) in [7, 11) is 0. The molecule has 18 heavy (non-hydrogen) atoms. The van der Waals surface area contributed by atoms with E-state index in [2.05, 4.69) is 35.9 Å². The van der Waals surface area contributed by atoms with Gasteiger partial charge in [0.2, 0.25) is 0 Å². The largest absolute Gasteiger partial charge is 0.314 e. The molecule has 3 nitrogen and oxygen atoms in total. The lowest BCUT2D eigenvalue weighted by molar-refractivity contribution is 0.539. The molecule has 0 aliphatic heterocycles. The van der Waals surface area contributed by atoms with Crippen molar-refractivity contribution >= 4 is 0 Å². The second kappa shape index (κ2) is 6.37. The maximum atomic E-state index is 4.68. The molecule has 1 fully saturated rings. The first-order chi connectivity index (χ1) is 8.72. The Labute approximate surface area is 111 Å². The standard InChI is InChI=1S/C15H27N3/c1-4-5-6-11-18-13(3)15(12(2)17-18)9-10-16-14-7-8-14/h14,16H,4-11H2,1-3H3. The number of nitrogens with zero attached hydrogens (tertiary/aromatic N) is 2. The summed E-state index contributed by atoms with van der Waals surface area (Å²) in [6, 6.07) is 0.810. The SMILES string of the molecule is CCCCCn1nc(C)c(CCNC2CC2)c1C. The van der Waals surface area contributed by atoms with E-state index >= 15 is 0 Å². The number of hydrogen-bond acceptors (Lipinski definition) is 2. The topological polar surface area (TPSA) is 29.9 Å². The van der Waals surface area contributed by atoms with Gasteiger partial charge in [0.1, 0.15) is 0 Å². The third kappa shape index (κ3) is 3.58. The first-order valence-electron chi connectivity index (χ1n) is 7.48. The molecule has 1 aliphatic carbocycles. The van der Waals surface area contributed by atoms with Crippen LogP contribution in [-0.2, 0) is 13.0 Å². The fraction of sp³-hybridized carbons (Fsp3) is 0.800. The first kappa shape index (κ1) is 13.6. The molecule has 1 N–H and O–H groups in total. The van der Waals surface area contributed by atoms with Gasteiger partial charge in [-0.25, -0.2) is 0 Å². The van der Waals surface area contributed by atoms with Gasteiger partial charge in [0.15, 0.2) is 0 Å². The number of aromatic nitrogens is 2. The molecule has 1 aromatic rings. The van der Waals surface area contributed by atoms with Gasteiger partial charge in [-0.1, -0.05) is 19.8 Å². The molecule has 3 heteroatoms. The Morgan fingerprint density at radius 2 is 2.06 bits per heavy atom. The highest BCUT2D eigenvalue weighted by atomic mass is 15.3. The number of nitrogens with one attached hydrogen (secondary N) is 1. The minimum Gasteiger partial charge on any atom is -0.314 e. The van der Waals surface area contributed by atoms with Crippen LogP contribution < -0.4 is 5.32 Å². The van der Waals surface area contributed by atoms with Crippen molar-refractivity contribution < 1.29 is 0 Å². The molecule has 0 aromatic carbocycles. The molecular formula is C15H27N3. The third-order valence-corrected chi connectivity index (χ3v) is 3.89. The van der Waals surface area contributed by atoms with Gasteiger partial charge in [0.05, 0.1) is 5.69 Å². The molecule has 1 aliphatic rings. The van der Waals surface area contributed by atoms with Crippen LogP contribution in [0, 0.1) is 13.8 Å². The van der Waals surface area contributed by atoms with Crippen LogP contribution in [0.25, 0.3) is 0 Å². The van der Waals surface area contributed by atoms with Crippen LogP contribution in [0.4, 0.5) is 0 Å². The minimum absolute atomic E-state index is 0.810. The Bertz CT molecular complexity index is 377. The molecular weight excluding hydrogens is 222 g/mol. The van der Waals surface area contributed by atoms with Crippen molar-refractivity contribution in [2.24, 2.45) is 0 Å². The Balaban J connectivity index is 1.87. The highest BCUT2D eigenvalue weighted by Crippen LogP contribution is 2.19. The van der Waals surface area contributed by atoms with Crippen LogP contribution in [-0.4, -0.2) is 22.4 Å². The van der Waals surface area contributed by atoms with Crippen molar-refractivity contribution in [1.82, 2.24) is 15.1 Å². The van der Waals surface area contributed by atoms with Crippen LogP contribution in [0.5, 0.6) is 0 Å². The quantitative estimate of drug-likeness (QED) is 0.718. The number of unbranched alkanes of at least 4 members (excludes halogenated alkanes) is 2. The number of rotatable bonds is 8. The van der Waals surface area contributed by atoms with Gasteiger partial charge in [-0.2, -0.15) is 5.10 Å². The van der Waals surface area contributed by atoms with Gasteiger partial charge < -0.3 is 5.32 Å². The van der Waals surface area contributed by atoms with Gasteiger partial charge in [-0.3, -0.25) is 4.68 Å². The maximum absolute atomic E-state index is 4.68. The van der Waals surface area contributed by atoms with E-state index in [0.717, 1.165) is 25.6 Å². The van der Waals surface area contributed by atoms with Crippen molar-refractivity contribution in [3.8, 4) is 0 Å². The van der Waals surface area contributed by atoms with Gasteiger partial charge in [-0.15, -0.1) is 0 Å². The lowest BCUT2D eigenvalue weighted by atomic mass is 10.1. The van der Waals surface area contributed by atoms with Crippen molar-refractivity contribution in [1.29, 1.82) is 0 Å². The zero-order valence-electron chi connectivity index (χ0n) is 12.1. The molecule has 0 amide bonds. The van der Waals surface area contributed by atoms with E-state index in [-0.39, 0.29) is 0 Å². The highest BCUT2D eigenvalue weighted by Gasteiger charge is 2.20. The Morgan fingerprint density at radius 3 is 2.72 bits per heavy atom. The first-order valence-corrected chi connectivity index (χ1v) is 7.48. The molecule has 0 spiro atoms. The lowest BCUT2D eigenvalue weighted by Gasteiger charge is -2.06. The molecule has 1 aromatic heterocycles. The number of aryl methyl sites for hydroxylation is 2. The Kier molecular flexibility index (Phi) is 4.81. The van der Waals surface area contributed by atoms with E-state index in [1.807, 2.05) is 0 Å². The van der Waals surface area contributed by atoms with Crippen LogP contribution in [0.15, 0.2) is 0 Å². The van der Waals surface area contributed by atoms with E-state index in [9.17, 15) is 0 Å².